The Morgan fingerprint density at radius 2 is 1.93 bits per heavy atom. The van der Waals surface area contributed by atoms with Gasteiger partial charge in [-0.05, 0) is 19.8 Å². The van der Waals surface area contributed by atoms with Crippen LogP contribution in [0.25, 0.3) is 0 Å². The lowest BCUT2D eigenvalue weighted by Crippen LogP contribution is -1.98. The van der Waals surface area contributed by atoms with Gasteiger partial charge in [0.2, 0.25) is 0 Å². The molecule has 0 aliphatic heterocycles. The fraction of sp³-hybridized carbons (Fsp3) is 0.667. The van der Waals surface area contributed by atoms with Crippen molar-refractivity contribution in [3.63, 3.8) is 0 Å². The van der Waals surface area contributed by atoms with Crippen molar-refractivity contribution >= 4 is 5.97 Å². The number of esters is 1. The fourth-order valence-corrected chi connectivity index (χ4v) is 1.12. The summed E-state index contributed by atoms with van der Waals surface area (Å²) in [6, 6.07) is 0. The molecule has 0 aliphatic carbocycles. The maximum absolute atomic E-state index is 10.7. The molecule has 0 aromatic carbocycles. The Hall–Kier alpha value is -0.970. The van der Waals surface area contributed by atoms with Crippen LogP contribution in [0.15, 0.2) is 0 Å². The highest BCUT2D eigenvalue weighted by Gasteiger charge is 1.98. The number of hydrogen-bond acceptors (Lipinski definition) is 2. The van der Waals surface area contributed by atoms with Gasteiger partial charge in [0, 0.05) is 19.3 Å². The summed E-state index contributed by atoms with van der Waals surface area (Å²) in [6.45, 7) is 3.64. The second kappa shape index (κ2) is 10.1. The van der Waals surface area contributed by atoms with Crippen LogP contribution in [-0.2, 0) is 9.53 Å². The Kier molecular flexibility index (Phi) is 9.41. The predicted molar refractivity (Wildman–Crippen MR) is 57.5 cm³/mol. The molecular weight excluding hydrogens is 176 g/mol. The number of hydrogen-bond donors (Lipinski definition) is 0. The fourth-order valence-electron chi connectivity index (χ4n) is 1.12. The highest BCUT2D eigenvalue weighted by Crippen LogP contribution is 2.05. The van der Waals surface area contributed by atoms with E-state index in [-0.39, 0.29) is 5.97 Å². The van der Waals surface area contributed by atoms with Gasteiger partial charge < -0.3 is 4.74 Å². The molecule has 0 saturated carbocycles. The van der Waals surface area contributed by atoms with Crippen LogP contribution in [0.5, 0.6) is 0 Å². The molecule has 0 saturated heterocycles. The monoisotopic (exact) mass is 195 g/mol. The van der Waals surface area contributed by atoms with Crippen molar-refractivity contribution in [3.8, 4) is 11.8 Å². The molecule has 2 heteroatoms. The minimum Gasteiger partial charge on any atom is -0.469 e. The first-order valence-electron chi connectivity index (χ1n) is 5.13. The molecule has 0 fully saturated rings. The van der Waals surface area contributed by atoms with Gasteiger partial charge in [-0.3, -0.25) is 4.79 Å². The lowest BCUT2D eigenvalue weighted by Gasteiger charge is -1.98. The highest BCUT2D eigenvalue weighted by molar-refractivity contribution is 5.68. The molecular formula is C12H19O2. The van der Waals surface area contributed by atoms with Crippen LogP contribution in [-0.4, -0.2) is 13.1 Å². The molecule has 0 aromatic heterocycles. The molecule has 0 aromatic rings. The molecule has 14 heavy (non-hydrogen) atoms. The van der Waals surface area contributed by atoms with Gasteiger partial charge in [0.1, 0.15) is 0 Å². The van der Waals surface area contributed by atoms with Crippen LogP contribution in [0.2, 0.25) is 0 Å². The van der Waals surface area contributed by atoms with Crippen molar-refractivity contribution in [1.29, 1.82) is 0 Å². The Bertz CT molecular complexity index is 198. The van der Waals surface area contributed by atoms with E-state index in [0.717, 1.165) is 32.1 Å². The van der Waals surface area contributed by atoms with Crippen molar-refractivity contribution in [2.24, 2.45) is 0 Å². The number of carbonyl (C=O) groups is 1. The van der Waals surface area contributed by atoms with E-state index in [9.17, 15) is 4.79 Å². The lowest BCUT2D eigenvalue weighted by atomic mass is 10.1. The van der Waals surface area contributed by atoms with Crippen molar-refractivity contribution in [2.75, 3.05) is 7.11 Å². The zero-order valence-corrected chi connectivity index (χ0v) is 8.97. The average molecular weight is 195 g/mol. The first-order valence-corrected chi connectivity index (χ1v) is 5.13. The van der Waals surface area contributed by atoms with E-state index in [1.54, 1.807) is 0 Å². The largest absolute Gasteiger partial charge is 0.469 e. The first kappa shape index (κ1) is 13.0. The summed E-state index contributed by atoms with van der Waals surface area (Å²) >= 11 is 0. The Morgan fingerprint density at radius 3 is 2.57 bits per heavy atom. The van der Waals surface area contributed by atoms with E-state index in [1.807, 2.05) is 0 Å². The van der Waals surface area contributed by atoms with Gasteiger partial charge in [-0.2, -0.15) is 0 Å². The van der Waals surface area contributed by atoms with Gasteiger partial charge in [-0.15, -0.1) is 11.8 Å². The molecule has 0 atom stereocenters. The summed E-state index contributed by atoms with van der Waals surface area (Å²) in [4.78, 5) is 10.7. The maximum Gasteiger partial charge on any atom is 0.305 e. The third-order valence-electron chi connectivity index (χ3n) is 1.91. The highest BCUT2D eigenvalue weighted by atomic mass is 16.5. The van der Waals surface area contributed by atoms with Crippen molar-refractivity contribution in [1.82, 2.24) is 0 Å². The van der Waals surface area contributed by atoms with Crippen LogP contribution < -0.4 is 0 Å². The molecule has 0 spiro atoms. The Labute approximate surface area is 87.0 Å². The molecule has 0 aliphatic rings. The molecule has 0 amide bonds. The van der Waals surface area contributed by atoms with Crippen LogP contribution in [0, 0.1) is 18.8 Å². The summed E-state index contributed by atoms with van der Waals surface area (Å²) in [6.07, 6.45) is 6.46. The maximum atomic E-state index is 10.7. The number of methoxy groups -OCH3 is 1. The Balaban J connectivity index is 3.10. The molecule has 0 bridgehead atoms. The molecule has 0 N–H and O–H groups in total. The Morgan fingerprint density at radius 1 is 1.21 bits per heavy atom. The van der Waals surface area contributed by atoms with Crippen molar-refractivity contribution < 1.29 is 9.53 Å². The summed E-state index contributed by atoms with van der Waals surface area (Å²) < 4.78 is 4.54. The van der Waals surface area contributed by atoms with E-state index >= 15 is 0 Å². The smallest absolute Gasteiger partial charge is 0.305 e. The van der Waals surface area contributed by atoms with Gasteiger partial charge >= 0.3 is 5.97 Å². The van der Waals surface area contributed by atoms with E-state index in [4.69, 9.17) is 0 Å². The molecule has 1 radical (unpaired) electrons. The van der Waals surface area contributed by atoms with E-state index in [1.165, 1.54) is 7.11 Å². The second-order valence-corrected chi connectivity index (χ2v) is 3.09. The standard InChI is InChI=1S/C12H19O2/c1-3-4-5-6-7-8-9-10-11-12(13)14-2/h1,3,6-11H2,2H3. The minimum atomic E-state index is -0.109. The van der Waals surface area contributed by atoms with Crippen LogP contribution in [0.4, 0.5) is 0 Å². The second-order valence-electron chi connectivity index (χ2n) is 3.09. The summed E-state index contributed by atoms with van der Waals surface area (Å²) in [7, 11) is 1.43. The third-order valence-corrected chi connectivity index (χ3v) is 1.91. The number of ether oxygens (including phenoxy) is 1. The van der Waals surface area contributed by atoms with E-state index in [2.05, 4.69) is 23.5 Å². The van der Waals surface area contributed by atoms with Crippen LogP contribution in [0.3, 0.4) is 0 Å². The third kappa shape index (κ3) is 9.12. The summed E-state index contributed by atoms with van der Waals surface area (Å²) in [5, 5.41) is 0. The zero-order valence-electron chi connectivity index (χ0n) is 8.97. The zero-order chi connectivity index (χ0) is 10.6. The topological polar surface area (TPSA) is 26.3 Å². The molecule has 0 heterocycles. The van der Waals surface area contributed by atoms with Crippen molar-refractivity contribution in [2.45, 2.75) is 44.9 Å². The summed E-state index contributed by atoms with van der Waals surface area (Å²) in [5.74, 6) is 5.86. The van der Waals surface area contributed by atoms with E-state index < -0.39 is 0 Å². The number of carbonyl (C=O) groups excluding carboxylic acids is 1. The van der Waals surface area contributed by atoms with Gasteiger partial charge in [0.25, 0.3) is 0 Å². The molecule has 79 valence electrons. The summed E-state index contributed by atoms with van der Waals surface area (Å²) in [5.41, 5.74) is 0. The molecule has 0 unspecified atom stereocenters. The predicted octanol–water partition coefficient (Wildman–Crippen LogP) is 2.73. The van der Waals surface area contributed by atoms with Gasteiger partial charge in [0.15, 0.2) is 0 Å². The molecule has 0 rings (SSSR count). The van der Waals surface area contributed by atoms with Gasteiger partial charge in [-0.1, -0.05) is 12.8 Å². The SMILES string of the molecule is [CH2]CC#CCCCCCCC(=O)OC. The van der Waals surface area contributed by atoms with Crippen LogP contribution >= 0.6 is 0 Å². The average Bonchev–Trinajstić information content (AvgIpc) is 2.21. The number of unbranched alkanes of at least 4 members (excludes halogenated alkanes) is 4. The normalized spacial score (nSPS) is 9.00. The van der Waals surface area contributed by atoms with Gasteiger partial charge in [-0.25, -0.2) is 0 Å². The van der Waals surface area contributed by atoms with E-state index in [0.29, 0.717) is 12.8 Å². The molecule has 2 nitrogen and oxygen atoms in total. The number of rotatable bonds is 6. The van der Waals surface area contributed by atoms with Crippen molar-refractivity contribution in [3.05, 3.63) is 6.92 Å². The lowest BCUT2D eigenvalue weighted by molar-refractivity contribution is -0.140. The first-order chi connectivity index (χ1) is 6.81. The quantitative estimate of drug-likeness (QED) is 0.370. The van der Waals surface area contributed by atoms with Crippen LogP contribution in [0.1, 0.15) is 44.9 Å². The minimum absolute atomic E-state index is 0.109. The van der Waals surface area contributed by atoms with Gasteiger partial charge in [0.05, 0.1) is 7.11 Å².